The van der Waals surface area contributed by atoms with E-state index in [0.717, 1.165) is 12.8 Å². The van der Waals surface area contributed by atoms with E-state index in [2.05, 4.69) is 29.2 Å². The number of carbonyl (C=O) groups excluding carboxylic acids is 1. The van der Waals surface area contributed by atoms with Crippen molar-refractivity contribution in [2.24, 2.45) is 0 Å². The third-order valence-corrected chi connectivity index (χ3v) is 7.72. The van der Waals surface area contributed by atoms with E-state index in [9.17, 15) is 9.90 Å². The fourth-order valence-electron chi connectivity index (χ4n) is 6.19. The number of fused-ring (bicyclic) bond motifs is 5. The van der Waals surface area contributed by atoms with Gasteiger partial charge in [0.1, 0.15) is 12.2 Å². The Morgan fingerprint density at radius 2 is 1.59 bits per heavy atom. The van der Waals surface area contributed by atoms with Crippen LogP contribution >= 0.6 is 0 Å². The second-order valence-corrected chi connectivity index (χ2v) is 9.60. The van der Waals surface area contributed by atoms with E-state index in [1.165, 1.54) is 22.3 Å². The Kier molecular flexibility index (Phi) is 5.06. The zero-order chi connectivity index (χ0) is 23.3. The van der Waals surface area contributed by atoms with Gasteiger partial charge in [-0.15, -0.1) is 0 Å². The fraction of sp³-hybridized carbons (Fsp3) is 0.357. The lowest BCUT2D eigenvalue weighted by molar-refractivity contribution is -0.0561. The van der Waals surface area contributed by atoms with E-state index < -0.39 is 5.60 Å². The Morgan fingerprint density at radius 1 is 0.971 bits per heavy atom. The monoisotopic (exact) mass is 456 g/mol. The van der Waals surface area contributed by atoms with Gasteiger partial charge in [-0.25, -0.2) is 9.78 Å². The van der Waals surface area contributed by atoms with Crippen LogP contribution in [0.25, 0.3) is 11.1 Å². The summed E-state index contributed by atoms with van der Waals surface area (Å²) in [7, 11) is 1.57. The van der Waals surface area contributed by atoms with Gasteiger partial charge in [0.2, 0.25) is 5.88 Å². The molecule has 2 fully saturated rings. The molecule has 2 saturated heterocycles. The first-order chi connectivity index (χ1) is 16.6. The number of rotatable bonds is 4. The molecule has 6 rings (SSSR count). The van der Waals surface area contributed by atoms with Crippen molar-refractivity contribution in [3.05, 3.63) is 83.6 Å². The lowest BCUT2D eigenvalue weighted by Gasteiger charge is -2.42. The number of aromatic nitrogens is 1. The Balaban J connectivity index is 1.18. The van der Waals surface area contributed by atoms with Crippen molar-refractivity contribution in [1.82, 2.24) is 9.88 Å². The van der Waals surface area contributed by atoms with Gasteiger partial charge in [0.25, 0.3) is 0 Å². The Morgan fingerprint density at radius 3 is 2.21 bits per heavy atom. The second-order valence-electron chi connectivity index (χ2n) is 9.60. The predicted octanol–water partition coefficient (Wildman–Crippen LogP) is 4.85. The molecule has 1 aliphatic carbocycles. The highest BCUT2D eigenvalue weighted by Crippen LogP contribution is 2.47. The van der Waals surface area contributed by atoms with Crippen LogP contribution in [-0.4, -0.2) is 46.9 Å². The van der Waals surface area contributed by atoms with Crippen LogP contribution < -0.4 is 4.74 Å². The molecule has 174 valence electrons. The molecule has 3 aromatic rings. The molecule has 2 unspecified atom stereocenters. The summed E-state index contributed by atoms with van der Waals surface area (Å²) in [4.78, 5) is 19.6. The van der Waals surface area contributed by atoms with Crippen molar-refractivity contribution in [2.45, 2.75) is 49.3 Å². The van der Waals surface area contributed by atoms with E-state index in [4.69, 9.17) is 9.47 Å². The Labute approximate surface area is 199 Å². The molecule has 1 N–H and O–H groups in total. The fourth-order valence-corrected chi connectivity index (χ4v) is 6.19. The number of amides is 1. The first-order valence-corrected chi connectivity index (χ1v) is 11.9. The maximum atomic E-state index is 13.3. The molecule has 2 aromatic carbocycles. The predicted molar refractivity (Wildman–Crippen MR) is 128 cm³/mol. The zero-order valence-electron chi connectivity index (χ0n) is 19.2. The van der Waals surface area contributed by atoms with E-state index in [1.807, 2.05) is 41.3 Å². The average Bonchev–Trinajstić information content (AvgIpc) is 3.34. The number of benzene rings is 2. The van der Waals surface area contributed by atoms with Crippen molar-refractivity contribution in [2.75, 3.05) is 13.7 Å². The topological polar surface area (TPSA) is 71.9 Å². The number of carbonyl (C=O) groups is 1. The SMILES string of the molecule is COc1cccc(C2(O)CC3CCC(C2)N3C(=O)OCC2c3ccccc3-c3ccccc32)n1. The number of piperidine rings is 1. The van der Waals surface area contributed by atoms with Gasteiger partial charge >= 0.3 is 6.09 Å². The van der Waals surface area contributed by atoms with Crippen molar-refractivity contribution >= 4 is 6.09 Å². The van der Waals surface area contributed by atoms with Crippen molar-refractivity contribution in [3.63, 3.8) is 0 Å². The van der Waals surface area contributed by atoms with Gasteiger partial charge in [0, 0.05) is 36.9 Å². The minimum Gasteiger partial charge on any atom is -0.481 e. The van der Waals surface area contributed by atoms with Crippen LogP contribution in [0, 0.1) is 0 Å². The van der Waals surface area contributed by atoms with Gasteiger partial charge < -0.3 is 19.5 Å². The summed E-state index contributed by atoms with van der Waals surface area (Å²) in [6.07, 6.45) is 2.35. The molecule has 2 atom stereocenters. The highest BCUT2D eigenvalue weighted by atomic mass is 16.6. The molecule has 3 aliphatic rings. The van der Waals surface area contributed by atoms with Crippen LogP contribution in [0.3, 0.4) is 0 Å². The zero-order valence-corrected chi connectivity index (χ0v) is 19.2. The minimum absolute atomic E-state index is 0.0386. The molecule has 1 amide bonds. The lowest BCUT2D eigenvalue weighted by Crippen LogP contribution is -2.52. The summed E-state index contributed by atoms with van der Waals surface area (Å²) in [5, 5.41) is 11.5. The largest absolute Gasteiger partial charge is 0.481 e. The summed E-state index contributed by atoms with van der Waals surface area (Å²) >= 11 is 0. The maximum absolute atomic E-state index is 13.3. The van der Waals surface area contributed by atoms with Crippen LogP contribution in [0.4, 0.5) is 4.79 Å². The van der Waals surface area contributed by atoms with Crippen LogP contribution in [0.2, 0.25) is 0 Å². The number of aliphatic hydroxyl groups is 1. The number of ether oxygens (including phenoxy) is 2. The van der Waals surface area contributed by atoms with Gasteiger partial charge in [-0.1, -0.05) is 54.6 Å². The standard InChI is InChI=1S/C28H28N2O4/c1-33-26-12-6-11-25(29-26)28(32)15-18-13-14-19(16-28)30(18)27(31)34-17-24-22-9-4-2-7-20(22)21-8-3-5-10-23(21)24/h2-12,18-19,24,32H,13-17H2,1H3. The number of hydrogen-bond donors (Lipinski definition) is 1. The maximum Gasteiger partial charge on any atom is 0.410 e. The molecule has 0 saturated carbocycles. The van der Waals surface area contributed by atoms with E-state index in [0.29, 0.717) is 31.0 Å². The third kappa shape index (κ3) is 3.36. The first-order valence-electron chi connectivity index (χ1n) is 11.9. The molecular weight excluding hydrogens is 428 g/mol. The van der Waals surface area contributed by atoms with Gasteiger partial charge in [-0.2, -0.15) is 0 Å². The van der Waals surface area contributed by atoms with E-state index >= 15 is 0 Å². The average molecular weight is 457 g/mol. The van der Waals surface area contributed by atoms with Gasteiger partial charge in [0.05, 0.1) is 12.8 Å². The highest BCUT2D eigenvalue weighted by Gasteiger charge is 2.51. The van der Waals surface area contributed by atoms with Crippen molar-refractivity contribution in [1.29, 1.82) is 0 Å². The molecule has 0 radical (unpaired) electrons. The molecule has 2 bridgehead atoms. The number of nitrogens with zero attached hydrogens (tertiary/aromatic N) is 2. The normalized spacial score (nSPS) is 25.1. The number of pyridine rings is 1. The van der Waals surface area contributed by atoms with Crippen LogP contribution in [0.1, 0.15) is 48.4 Å². The molecule has 0 spiro atoms. The summed E-state index contributed by atoms with van der Waals surface area (Å²) in [5.41, 5.74) is 4.38. The molecule has 3 heterocycles. The Bertz CT molecular complexity index is 1180. The lowest BCUT2D eigenvalue weighted by atomic mass is 9.83. The molecule has 6 heteroatoms. The van der Waals surface area contributed by atoms with Crippen LogP contribution in [0.5, 0.6) is 5.88 Å². The van der Waals surface area contributed by atoms with Gasteiger partial charge in [0.15, 0.2) is 0 Å². The van der Waals surface area contributed by atoms with Crippen molar-refractivity contribution < 1.29 is 19.4 Å². The Hall–Kier alpha value is -3.38. The third-order valence-electron chi connectivity index (χ3n) is 7.72. The second kappa shape index (κ2) is 8.13. The number of methoxy groups -OCH3 is 1. The minimum atomic E-state index is -1.07. The number of hydrogen-bond acceptors (Lipinski definition) is 5. The molecule has 2 aliphatic heterocycles. The van der Waals surface area contributed by atoms with E-state index in [-0.39, 0.29) is 24.1 Å². The van der Waals surface area contributed by atoms with Gasteiger partial charge in [-0.3, -0.25) is 0 Å². The summed E-state index contributed by atoms with van der Waals surface area (Å²) in [6.45, 7) is 0.310. The smallest absolute Gasteiger partial charge is 0.410 e. The van der Waals surface area contributed by atoms with Gasteiger partial charge in [-0.05, 0) is 41.2 Å². The van der Waals surface area contributed by atoms with E-state index in [1.54, 1.807) is 13.2 Å². The van der Waals surface area contributed by atoms with Crippen LogP contribution in [-0.2, 0) is 10.3 Å². The summed E-state index contributed by atoms with van der Waals surface area (Å²) < 4.78 is 11.2. The first kappa shape index (κ1) is 21.2. The molecule has 34 heavy (non-hydrogen) atoms. The quantitative estimate of drug-likeness (QED) is 0.607. The molecular formula is C28H28N2O4. The molecule has 6 nitrogen and oxygen atoms in total. The highest BCUT2D eigenvalue weighted by molar-refractivity contribution is 5.79. The van der Waals surface area contributed by atoms with Crippen LogP contribution in [0.15, 0.2) is 66.7 Å². The van der Waals surface area contributed by atoms with Crippen molar-refractivity contribution in [3.8, 4) is 17.0 Å². The summed E-state index contributed by atoms with van der Waals surface area (Å²) in [6, 6.07) is 22.0. The summed E-state index contributed by atoms with van der Waals surface area (Å²) in [5.74, 6) is 0.522. The molecule has 1 aromatic heterocycles.